The number of halogens is 2. The fraction of sp³-hybridized carbons (Fsp3) is 0.375. The Hall–Kier alpha value is -3.95. The number of aromatic nitrogens is 2. The highest BCUT2D eigenvalue weighted by Gasteiger charge is 2.46. The predicted molar refractivity (Wildman–Crippen MR) is 125 cm³/mol. The third kappa shape index (κ3) is 4.75. The molecule has 0 aliphatic carbocycles. The minimum Gasteiger partial charge on any atom is -0.507 e. The van der Waals surface area contributed by atoms with Gasteiger partial charge in [-0.3, -0.25) is 14.4 Å². The Morgan fingerprint density at radius 2 is 2.31 bits per heavy atom. The molecule has 0 bridgehead atoms. The molecule has 1 aromatic carbocycles. The van der Waals surface area contributed by atoms with Gasteiger partial charge in [-0.15, -0.1) is 0 Å². The molecular formula is C24H26F2N6O4. The molecular weight excluding hydrogens is 474 g/mol. The topological polar surface area (TPSA) is 143 Å². The van der Waals surface area contributed by atoms with Crippen LogP contribution < -0.4 is 11.1 Å². The van der Waals surface area contributed by atoms with Crippen molar-refractivity contribution in [2.45, 2.75) is 31.1 Å². The van der Waals surface area contributed by atoms with E-state index in [-0.39, 0.29) is 55.4 Å². The van der Waals surface area contributed by atoms with Crippen molar-refractivity contribution in [1.29, 1.82) is 5.26 Å². The Kier molecular flexibility index (Phi) is 7.23. The van der Waals surface area contributed by atoms with Gasteiger partial charge in [0, 0.05) is 49.6 Å². The zero-order chi connectivity index (χ0) is 25.9. The Morgan fingerprint density at radius 1 is 1.50 bits per heavy atom. The van der Waals surface area contributed by atoms with E-state index in [1.807, 2.05) is 6.07 Å². The fourth-order valence-corrected chi connectivity index (χ4v) is 4.48. The van der Waals surface area contributed by atoms with Crippen molar-refractivity contribution in [3.63, 3.8) is 0 Å². The van der Waals surface area contributed by atoms with E-state index in [1.54, 1.807) is 11.0 Å². The summed E-state index contributed by atoms with van der Waals surface area (Å²) in [4.78, 5) is 13.6. The molecule has 1 saturated heterocycles. The Labute approximate surface area is 205 Å². The average Bonchev–Trinajstić information content (AvgIpc) is 3.52. The van der Waals surface area contributed by atoms with E-state index in [9.17, 15) is 19.6 Å². The first-order valence-corrected chi connectivity index (χ1v) is 11.2. The maximum Gasteiger partial charge on any atom is 0.254 e. The van der Waals surface area contributed by atoms with Crippen LogP contribution in [0.15, 0.2) is 41.3 Å². The number of rotatable bonds is 9. The van der Waals surface area contributed by atoms with Gasteiger partial charge >= 0.3 is 0 Å². The number of ether oxygens (including phenoxy) is 1. The number of aromatic hydroxyl groups is 1. The van der Waals surface area contributed by atoms with Crippen LogP contribution in [0.3, 0.4) is 0 Å². The van der Waals surface area contributed by atoms with E-state index in [4.69, 9.17) is 14.9 Å². The molecule has 4 rings (SSSR count). The minimum absolute atomic E-state index is 0.0488. The van der Waals surface area contributed by atoms with Crippen LogP contribution >= 0.6 is 0 Å². The van der Waals surface area contributed by atoms with Crippen LogP contribution in [0.25, 0.3) is 11.1 Å². The second-order valence-corrected chi connectivity index (χ2v) is 8.67. The van der Waals surface area contributed by atoms with Crippen molar-refractivity contribution in [3.8, 4) is 22.9 Å². The van der Waals surface area contributed by atoms with Crippen molar-refractivity contribution in [3.05, 3.63) is 53.9 Å². The number of benzene rings is 1. The van der Waals surface area contributed by atoms with E-state index in [1.165, 1.54) is 42.6 Å². The largest absolute Gasteiger partial charge is 0.507 e. The second kappa shape index (κ2) is 10.3. The lowest BCUT2D eigenvalue weighted by Gasteiger charge is -2.43. The van der Waals surface area contributed by atoms with Gasteiger partial charge in [0.2, 0.25) is 0 Å². The van der Waals surface area contributed by atoms with E-state index in [0.29, 0.717) is 17.7 Å². The first kappa shape index (κ1) is 25.2. The van der Waals surface area contributed by atoms with Gasteiger partial charge in [-0.05, 0) is 24.6 Å². The molecule has 1 fully saturated rings. The van der Waals surface area contributed by atoms with Crippen LogP contribution in [0.5, 0.6) is 5.75 Å². The molecule has 2 unspecified atom stereocenters. The second-order valence-electron chi connectivity index (χ2n) is 8.67. The number of carbonyl (C=O) groups is 1. The molecule has 190 valence electrons. The monoisotopic (exact) mass is 500 g/mol. The Bertz CT molecular complexity index is 1270. The third-order valence-electron chi connectivity index (χ3n) is 6.46. The highest BCUT2D eigenvalue weighted by molar-refractivity contribution is 5.97. The molecule has 1 aliphatic rings. The van der Waals surface area contributed by atoms with Gasteiger partial charge in [0.05, 0.1) is 25.0 Å². The van der Waals surface area contributed by atoms with Gasteiger partial charge in [-0.25, -0.2) is 8.78 Å². The number of methoxy groups -OCH3 is 1. The first-order valence-electron chi connectivity index (χ1n) is 11.2. The summed E-state index contributed by atoms with van der Waals surface area (Å²) < 4.78 is 41.9. The molecule has 2 aromatic heterocycles. The van der Waals surface area contributed by atoms with Gasteiger partial charge < -0.3 is 25.3 Å². The van der Waals surface area contributed by atoms with Gasteiger partial charge in [0.1, 0.15) is 35.6 Å². The standard InChI is InChI=1S/C24H26F2N6O4/c1-35-14-29-23-18(22(28)34)11-32(30-23)24(3-5-27)4-6-31(12-21(24)26)10-16-8-20(33)17(9-19(16)25)15-2-7-36-13-15/h2,7-9,11,13,21,33H,3-4,6,10,12,14H2,1H3,(H2,28,34)(H,29,30). The number of carbonyl (C=O) groups excluding carboxylic acids is 1. The number of phenolic OH excluding ortho intramolecular Hbond substituents is 1. The van der Waals surface area contributed by atoms with Crippen LogP contribution in [0.1, 0.15) is 28.8 Å². The molecule has 0 saturated carbocycles. The van der Waals surface area contributed by atoms with E-state index in [2.05, 4.69) is 10.4 Å². The third-order valence-corrected chi connectivity index (χ3v) is 6.46. The molecule has 36 heavy (non-hydrogen) atoms. The van der Waals surface area contributed by atoms with Crippen molar-refractivity contribution in [1.82, 2.24) is 14.7 Å². The molecule has 0 radical (unpaired) electrons. The summed E-state index contributed by atoms with van der Waals surface area (Å²) in [6.07, 6.45) is 2.57. The number of phenols is 1. The van der Waals surface area contributed by atoms with Crippen LogP contribution in [0.4, 0.5) is 14.6 Å². The number of hydrogen-bond acceptors (Lipinski definition) is 8. The quantitative estimate of drug-likeness (QED) is 0.381. The number of piperidine rings is 1. The average molecular weight is 501 g/mol. The number of nitriles is 1. The van der Waals surface area contributed by atoms with Crippen LogP contribution in [-0.4, -0.2) is 58.8 Å². The van der Waals surface area contributed by atoms with Crippen molar-refractivity contribution >= 4 is 11.7 Å². The molecule has 3 heterocycles. The van der Waals surface area contributed by atoms with E-state index in [0.717, 1.165) is 0 Å². The Morgan fingerprint density at radius 3 is 2.94 bits per heavy atom. The summed E-state index contributed by atoms with van der Waals surface area (Å²) in [6, 6.07) is 6.18. The SMILES string of the molecule is COCNc1nn(C2(CC#N)CCN(Cc3cc(O)c(-c4ccoc4)cc3F)CC2F)cc1C(N)=O. The number of hydrogen-bond donors (Lipinski definition) is 3. The molecule has 1 amide bonds. The summed E-state index contributed by atoms with van der Waals surface area (Å²) in [5.74, 6) is -1.28. The van der Waals surface area contributed by atoms with E-state index < -0.39 is 23.4 Å². The van der Waals surface area contributed by atoms with Gasteiger partial charge in [-0.2, -0.15) is 10.4 Å². The smallest absolute Gasteiger partial charge is 0.254 e. The van der Waals surface area contributed by atoms with Crippen molar-refractivity contribution < 1.29 is 27.8 Å². The summed E-state index contributed by atoms with van der Waals surface area (Å²) in [5.41, 5.74) is 5.21. The van der Waals surface area contributed by atoms with Crippen molar-refractivity contribution in [2.24, 2.45) is 5.73 Å². The number of amides is 1. The highest BCUT2D eigenvalue weighted by atomic mass is 19.1. The lowest BCUT2D eigenvalue weighted by atomic mass is 9.83. The summed E-state index contributed by atoms with van der Waals surface area (Å²) in [6.45, 7) is 0.309. The number of furan rings is 1. The number of nitrogens with one attached hydrogen (secondary N) is 1. The Balaban J connectivity index is 1.55. The van der Waals surface area contributed by atoms with Gasteiger partial charge in [0.25, 0.3) is 5.91 Å². The lowest BCUT2D eigenvalue weighted by Crippen LogP contribution is -2.54. The first-order chi connectivity index (χ1) is 17.3. The minimum atomic E-state index is -1.57. The number of anilines is 1. The zero-order valence-electron chi connectivity index (χ0n) is 19.6. The molecule has 2 atom stereocenters. The number of nitrogens with zero attached hydrogens (tertiary/aromatic N) is 4. The molecule has 10 nitrogen and oxygen atoms in total. The molecule has 3 aromatic rings. The summed E-state index contributed by atoms with van der Waals surface area (Å²) >= 11 is 0. The summed E-state index contributed by atoms with van der Waals surface area (Å²) in [7, 11) is 1.45. The lowest BCUT2D eigenvalue weighted by molar-refractivity contribution is 0.00655. The normalized spacial score (nSPS) is 20.2. The van der Waals surface area contributed by atoms with Crippen LogP contribution in [-0.2, 0) is 16.8 Å². The van der Waals surface area contributed by atoms with Crippen LogP contribution in [0, 0.1) is 17.1 Å². The van der Waals surface area contributed by atoms with Gasteiger partial charge in [-0.1, -0.05) is 0 Å². The van der Waals surface area contributed by atoms with Gasteiger partial charge in [0.15, 0.2) is 5.82 Å². The number of nitrogens with two attached hydrogens (primary N) is 1. The summed E-state index contributed by atoms with van der Waals surface area (Å²) in [5, 5.41) is 27.0. The number of primary amides is 1. The number of likely N-dealkylation sites (tertiary alicyclic amines) is 1. The highest BCUT2D eigenvalue weighted by Crippen LogP contribution is 2.38. The van der Waals surface area contributed by atoms with E-state index >= 15 is 4.39 Å². The molecule has 4 N–H and O–H groups in total. The predicted octanol–water partition coefficient (Wildman–Crippen LogP) is 2.96. The maximum absolute atomic E-state index is 15.8. The molecule has 12 heteroatoms. The maximum atomic E-state index is 15.8. The number of alkyl halides is 1. The molecule has 0 spiro atoms. The van der Waals surface area contributed by atoms with Crippen molar-refractivity contribution in [2.75, 3.05) is 32.2 Å². The zero-order valence-corrected chi connectivity index (χ0v) is 19.6. The molecule has 1 aliphatic heterocycles. The fourth-order valence-electron chi connectivity index (χ4n) is 4.48. The van der Waals surface area contributed by atoms with Crippen LogP contribution in [0.2, 0.25) is 0 Å².